The summed E-state index contributed by atoms with van der Waals surface area (Å²) in [4.78, 5) is 22.9. The topological polar surface area (TPSA) is 112 Å². The summed E-state index contributed by atoms with van der Waals surface area (Å²) in [6, 6.07) is 11.5. The smallest absolute Gasteiger partial charge is 0.271 e. The number of ether oxygens (including phenoxy) is 1. The van der Waals surface area contributed by atoms with Gasteiger partial charge >= 0.3 is 0 Å². The monoisotopic (exact) mass is 501 g/mol. The Morgan fingerprint density at radius 1 is 1.29 bits per heavy atom. The highest BCUT2D eigenvalue weighted by Gasteiger charge is 2.17. The Balaban J connectivity index is 1.69. The molecule has 178 valence electrons. The number of carbonyl (C=O) groups excluding carboxylic acids is 1. The van der Waals surface area contributed by atoms with Gasteiger partial charge in [0, 0.05) is 24.2 Å². The van der Waals surface area contributed by atoms with Crippen LogP contribution < -0.4 is 10.1 Å². The number of nitro groups is 1. The fourth-order valence-corrected chi connectivity index (χ4v) is 3.89. The fourth-order valence-electron chi connectivity index (χ4n) is 2.98. The van der Waals surface area contributed by atoms with Crippen LogP contribution in [0, 0.1) is 10.1 Å². The Morgan fingerprint density at radius 3 is 2.74 bits per heavy atom. The van der Waals surface area contributed by atoms with Gasteiger partial charge in [-0.2, -0.15) is 0 Å². The van der Waals surface area contributed by atoms with Crippen molar-refractivity contribution in [2.24, 2.45) is 0 Å². The number of hydrogen-bond donors (Lipinski definition) is 1. The Kier molecular flexibility index (Phi) is 9.06. The molecule has 2 aromatic carbocycles. The number of rotatable bonds is 12. The average molecular weight is 502 g/mol. The first-order valence-electron chi connectivity index (χ1n) is 10.6. The first kappa shape index (κ1) is 25.3. The normalized spacial score (nSPS) is 10.6. The van der Waals surface area contributed by atoms with Crippen LogP contribution in [-0.2, 0) is 11.3 Å². The lowest BCUT2D eigenvalue weighted by Gasteiger charge is -2.10. The zero-order valence-electron chi connectivity index (χ0n) is 18.6. The molecule has 1 aromatic heterocycles. The summed E-state index contributed by atoms with van der Waals surface area (Å²) in [6.45, 7) is 7.04. The van der Waals surface area contributed by atoms with E-state index in [1.807, 2.05) is 28.8 Å². The number of nitrogens with one attached hydrogen (secondary N) is 1. The van der Waals surface area contributed by atoms with Gasteiger partial charge in [0.15, 0.2) is 11.0 Å². The van der Waals surface area contributed by atoms with E-state index in [0.717, 1.165) is 24.2 Å². The van der Waals surface area contributed by atoms with Crippen LogP contribution in [-0.4, -0.2) is 38.0 Å². The number of amides is 1. The molecular weight excluding hydrogens is 478 g/mol. The molecule has 1 N–H and O–H groups in total. The lowest BCUT2D eigenvalue weighted by Crippen LogP contribution is -2.15. The van der Waals surface area contributed by atoms with Gasteiger partial charge in [-0.1, -0.05) is 42.8 Å². The van der Waals surface area contributed by atoms with Crippen LogP contribution in [0.15, 0.2) is 60.3 Å². The highest BCUT2D eigenvalue weighted by Crippen LogP contribution is 2.28. The number of nitro benzene ring substituents is 1. The summed E-state index contributed by atoms with van der Waals surface area (Å²) in [6.07, 6.45) is 3.79. The van der Waals surface area contributed by atoms with Crippen LogP contribution in [0.3, 0.4) is 0 Å². The number of unbranched alkanes of at least 4 members (excludes halogenated alkanes) is 1. The third-order valence-electron chi connectivity index (χ3n) is 4.67. The predicted octanol–water partition coefficient (Wildman–Crippen LogP) is 5.60. The Labute approximate surface area is 206 Å². The second kappa shape index (κ2) is 12.2. The Morgan fingerprint density at radius 2 is 2.06 bits per heavy atom. The van der Waals surface area contributed by atoms with Crippen molar-refractivity contribution in [3.05, 3.63) is 70.3 Å². The van der Waals surface area contributed by atoms with Crippen molar-refractivity contribution in [2.75, 3.05) is 17.7 Å². The maximum Gasteiger partial charge on any atom is 0.271 e. The van der Waals surface area contributed by atoms with Crippen molar-refractivity contribution < 1.29 is 14.5 Å². The molecule has 0 aliphatic rings. The number of aromatic nitrogens is 3. The van der Waals surface area contributed by atoms with E-state index in [4.69, 9.17) is 16.3 Å². The zero-order chi connectivity index (χ0) is 24.5. The largest absolute Gasteiger partial charge is 0.494 e. The third-order valence-corrected chi connectivity index (χ3v) is 5.97. The van der Waals surface area contributed by atoms with Gasteiger partial charge in [-0.25, -0.2) is 0 Å². The second-order valence-electron chi connectivity index (χ2n) is 7.19. The van der Waals surface area contributed by atoms with Crippen molar-refractivity contribution in [3.8, 4) is 17.1 Å². The molecule has 0 saturated heterocycles. The van der Waals surface area contributed by atoms with Crippen LogP contribution in [0.4, 0.5) is 11.4 Å². The van der Waals surface area contributed by atoms with Gasteiger partial charge in [-0.15, -0.1) is 16.8 Å². The number of allylic oxidation sites excluding steroid dienone is 1. The van der Waals surface area contributed by atoms with Gasteiger partial charge in [-0.05, 0) is 36.8 Å². The molecule has 0 bridgehead atoms. The lowest BCUT2D eigenvalue weighted by atomic mass is 10.2. The number of carbonyl (C=O) groups is 1. The molecule has 0 fully saturated rings. The van der Waals surface area contributed by atoms with Gasteiger partial charge in [0.05, 0.1) is 28.0 Å². The van der Waals surface area contributed by atoms with Gasteiger partial charge in [0.2, 0.25) is 5.91 Å². The summed E-state index contributed by atoms with van der Waals surface area (Å²) in [5, 5.41) is 22.8. The van der Waals surface area contributed by atoms with Crippen LogP contribution in [0.1, 0.15) is 19.8 Å². The van der Waals surface area contributed by atoms with Crippen molar-refractivity contribution in [1.82, 2.24) is 14.8 Å². The number of anilines is 1. The van der Waals surface area contributed by atoms with E-state index in [1.165, 1.54) is 30.0 Å². The molecule has 34 heavy (non-hydrogen) atoms. The molecule has 1 amide bonds. The molecule has 1 heterocycles. The van der Waals surface area contributed by atoms with E-state index in [0.29, 0.717) is 24.1 Å². The molecule has 11 heteroatoms. The maximum atomic E-state index is 12.5. The summed E-state index contributed by atoms with van der Waals surface area (Å²) < 4.78 is 7.57. The molecule has 0 spiro atoms. The first-order valence-corrected chi connectivity index (χ1v) is 11.9. The van der Waals surface area contributed by atoms with Crippen molar-refractivity contribution in [3.63, 3.8) is 0 Å². The van der Waals surface area contributed by atoms with Crippen molar-refractivity contribution >= 4 is 40.6 Å². The van der Waals surface area contributed by atoms with Gasteiger partial charge in [0.1, 0.15) is 5.75 Å². The van der Waals surface area contributed by atoms with E-state index < -0.39 is 4.92 Å². The standard InChI is InChI=1S/C23H24ClN5O4S/c1-3-5-13-33-18-9-6-16(7-10-18)22-26-27-23(28(22)12-4-2)34-15-21(30)25-20-14-17(29(31)32)8-11-19(20)24/h4,6-11,14H,2-3,5,12-13,15H2,1H3,(H,25,30). The Hall–Kier alpha value is -3.37. The van der Waals surface area contributed by atoms with Gasteiger partial charge in [0.25, 0.3) is 5.69 Å². The minimum absolute atomic E-state index is 0.0124. The van der Waals surface area contributed by atoms with Crippen LogP contribution in [0.2, 0.25) is 5.02 Å². The number of halogens is 1. The summed E-state index contributed by atoms with van der Waals surface area (Å²) in [5.74, 6) is 1.07. The zero-order valence-corrected chi connectivity index (χ0v) is 20.1. The minimum Gasteiger partial charge on any atom is -0.494 e. The number of nitrogens with zero attached hydrogens (tertiary/aromatic N) is 4. The molecule has 3 aromatic rings. The van der Waals surface area contributed by atoms with E-state index in [2.05, 4.69) is 29.0 Å². The molecule has 0 aliphatic heterocycles. The molecule has 0 aliphatic carbocycles. The third kappa shape index (κ3) is 6.58. The van der Waals surface area contributed by atoms with Gasteiger partial charge < -0.3 is 10.1 Å². The number of non-ortho nitro benzene ring substituents is 1. The average Bonchev–Trinajstić information content (AvgIpc) is 3.22. The molecule has 0 unspecified atom stereocenters. The number of thioether (sulfide) groups is 1. The first-order chi connectivity index (χ1) is 16.4. The highest BCUT2D eigenvalue weighted by atomic mass is 35.5. The van der Waals surface area contributed by atoms with E-state index in [1.54, 1.807) is 6.08 Å². The van der Waals surface area contributed by atoms with Gasteiger partial charge in [-0.3, -0.25) is 19.5 Å². The summed E-state index contributed by atoms with van der Waals surface area (Å²) in [5.41, 5.74) is 0.873. The molecule has 9 nitrogen and oxygen atoms in total. The highest BCUT2D eigenvalue weighted by molar-refractivity contribution is 7.99. The molecule has 0 saturated carbocycles. The van der Waals surface area contributed by atoms with Crippen molar-refractivity contribution in [1.29, 1.82) is 0 Å². The molecule has 0 atom stereocenters. The van der Waals surface area contributed by atoms with Crippen LogP contribution in [0.25, 0.3) is 11.4 Å². The minimum atomic E-state index is -0.552. The second-order valence-corrected chi connectivity index (χ2v) is 8.54. The van der Waals surface area contributed by atoms with Crippen LogP contribution >= 0.6 is 23.4 Å². The molecular formula is C23H24ClN5O4S. The quantitative estimate of drug-likeness (QED) is 0.113. The number of hydrogen-bond acceptors (Lipinski definition) is 7. The van der Waals surface area contributed by atoms with E-state index >= 15 is 0 Å². The van der Waals surface area contributed by atoms with E-state index in [-0.39, 0.29) is 28.1 Å². The molecule has 0 radical (unpaired) electrons. The lowest BCUT2D eigenvalue weighted by molar-refractivity contribution is -0.384. The predicted molar refractivity (Wildman–Crippen MR) is 134 cm³/mol. The maximum absolute atomic E-state index is 12.5. The van der Waals surface area contributed by atoms with Crippen LogP contribution in [0.5, 0.6) is 5.75 Å². The summed E-state index contributed by atoms with van der Waals surface area (Å²) in [7, 11) is 0. The summed E-state index contributed by atoms with van der Waals surface area (Å²) >= 11 is 7.25. The van der Waals surface area contributed by atoms with E-state index in [9.17, 15) is 14.9 Å². The van der Waals surface area contributed by atoms with Crippen molar-refractivity contribution in [2.45, 2.75) is 31.5 Å². The molecule has 3 rings (SSSR count). The Bertz CT molecular complexity index is 1170. The number of benzene rings is 2. The SMILES string of the molecule is C=CCn1c(SCC(=O)Nc2cc([N+](=O)[O-])ccc2Cl)nnc1-c1ccc(OCCCC)cc1. The fraction of sp³-hybridized carbons (Fsp3) is 0.261.